The Balaban J connectivity index is 1.31. The number of hydrogen-bond acceptors (Lipinski definition) is 4. The second kappa shape index (κ2) is 10.4. The monoisotopic (exact) mass is 535 g/mol. The summed E-state index contributed by atoms with van der Waals surface area (Å²) in [6, 6.07) is 33.4. The van der Waals surface area contributed by atoms with Crippen LogP contribution >= 0.6 is 23.4 Å². The number of nitrogens with zero attached hydrogens (tertiary/aromatic N) is 1. The minimum Gasteiger partial charge on any atom is -0.488 e. The third-order valence-corrected chi connectivity index (χ3v) is 7.70. The summed E-state index contributed by atoms with van der Waals surface area (Å²) in [5.74, 6) is 0.338. The average Bonchev–Trinajstić information content (AvgIpc) is 3.20. The number of carbonyl (C=O) groups excluding carboxylic acids is 2. The van der Waals surface area contributed by atoms with Crippen LogP contribution in [0.15, 0.2) is 108 Å². The Morgan fingerprint density at radius 2 is 1.45 bits per heavy atom. The molecule has 6 heteroatoms. The Morgan fingerprint density at radius 3 is 2.26 bits per heavy atom. The van der Waals surface area contributed by atoms with Crippen molar-refractivity contribution in [3.63, 3.8) is 0 Å². The van der Waals surface area contributed by atoms with Crippen LogP contribution in [0, 0.1) is 0 Å². The molecule has 0 aliphatic carbocycles. The lowest BCUT2D eigenvalue weighted by Crippen LogP contribution is -2.27. The predicted octanol–water partition coefficient (Wildman–Crippen LogP) is 8.46. The molecule has 6 rings (SSSR count). The largest absolute Gasteiger partial charge is 0.488 e. The van der Waals surface area contributed by atoms with Gasteiger partial charge < -0.3 is 4.74 Å². The molecule has 1 saturated heterocycles. The summed E-state index contributed by atoms with van der Waals surface area (Å²) in [7, 11) is 0. The van der Waals surface area contributed by atoms with Crippen molar-refractivity contribution in [1.29, 1.82) is 0 Å². The first-order valence-corrected chi connectivity index (χ1v) is 13.4. The maximum atomic E-state index is 13.4. The first-order chi connectivity index (χ1) is 18.5. The fourth-order valence-electron chi connectivity index (χ4n) is 4.58. The van der Waals surface area contributed by atoms with Crippen molar-refractivity contribution in [2.75, 3.05) is 0 Å². The van der Waals surface area contributed by atoms with E-state index in [2.05, 4.69) is 0 Å². The van der Waals surface area contributed by atoms with Gasteiger partial charge in [-0.2, -0.15) is 0 Å². The van der Waals surface area contributed by atoms with Crippen molar-refractivity contribution in [2.45, 2.75) is 13.2 Å². The first kappa shape index (κ1) is 24.3. The van der Waals surface area contributed by atoms with Gasteiger partial charge in [0.2, 0.25) is 0 Å². The lowest BCUT2D eigenvalue weighted by atomic mass is 10.0. The Labute approximate surface area is 229 Å². The number of benzene rings is 5. The highest BCUT2D eigenvalue weighted by molar-refractivity contribution is 8.18. The van der Waals surface area contributed by atoms with Crippen molar-refractivity contribution >= 4 is 62.1 Å². The van der Waals surface area contributed by atoms with Gasteiger partial charge in [-0.05, 0) is 74.8 Å². The summed E-state index contributed by atoms with van der Waals surface area (Å²) in [5.41, 5.74) is 2.65. The van der Waals surface area contributed by atoms with Gasteiger partial charge in [0.1, 0.15) is 12.4 Å². The van der Waals surface area contributed by atoms with Gasteiger partial charge in [0.05, 0.1) is 11.4 Å². The molecule has 1 aliphatic heterocycles. The molecule has 0 atom stereocenters. The Hall–Kier alpha value is -4.06. The third kappa shape index (κ3) is 4.91. The summed E-state index contributed by atoms with van der Waals surface area (Å²) < 4.78 is 6.20. The van der Waals surface area contributed by atoms with E-state index in [4.69, 9.17) is 16.3 Å². The second-order valence-electron chi connectivity index (χ2n) is 9.06. The van der Waals surface area contributed by atoms with Crippen LogP contribution in [0.25, 0.3) is 27.6 Å². The van der Waals surface area contributed by atoms with Crippen LogP contribution in [0.4, 0.5) is 4.79 Å². The summed E-state index contributed by atoms with van der Waals surface area (Å²) in [6.07, 6.45) is 1.78. The molecule has 5 aromatic carbocycles. The minimum absolute atomic E-state index is 0.225. The molecule has 38 heavy (non-hydrogen) atoms. The van der Waals surface area contributed by atoms with Crippen LogP contribution in [0.2, 0.25) is 5.02 Å². The summed E-state index contributed by atoms with van der Waals surface area (Å²) in [5, 5.41) is 4.55. The van der Waals surface area contributed by atoms with Crippen LogP contribution in [0.3, 0.4) is 0 Å². The van der Waals surface area contributed by atoms with E-state index in [1.807, 2.05) is 103 Å². The van der Waals surface area contributed by atoms with Gasteiger partial charge >= 0.3 is 0 Å². The van der Waals surface area contributed by atoms with Gasteiger partial charge in [0.25, 0.3) is 11.1 Å². The van der Waals surface area contributed by atoms with Crippen molar-refractivity contribution in [1.82, 2.24) is 4.90 Å². The molecule has 5 aromatic rings. The fraction of sp³-hybridized carbons (Fsp3) is 0.0625. The average molecular weight is 536 g/mol. The SMILES string of the molecule is O=C1S/C(=C\c2c(OCc3ccc(Cl)cc3)ccc3ccccc23)C(=O)N1Cc1ccc2ccccc2c1. The number of amides is 2. The molecule has 2 amide bonds. The number of fused-ring (bicyclic) bond motifs is 2. The molecule has 1 aliphatic rings. The molecule has 0 aromatic heterocycles. The number of hydrogen-bond donors (Lipinski definition) is 0. The van der Waals surface area contributed by atoms with Crippen molar-refractivity contribution in [2.24, 2.45) is 0 Å². The Bertz CT molecular complexity index is 1730. The van der Waals surface area contributed by atoms with Crippen LogP contribution in [0.1, 0.15) is 16.7 Å². The number of ether oxygens (including phenoxy) is 1. The zero-order valence-electron chi connectivity index (χ0n) is 20.3. The number of imide groups is 1. The fourth-order valence-corrected chi connectivity index (χ4v) is 5.53. The Kier molecular flexibility index (Phi) is 6.62. The maximum absolute atomic E-state index is 13.4. The Morgan fingerprint density at radius 1 is 0.763 bits per heavy atom. The summed E-state index contributed by atoms with van der Waals surface area (Å²) in [4.78, 5) is 28.0. The quantitative estimate of drug-likeness (QED) is 0.205. The molecule has 0 saturated carbocycles. The highest BCUT2D eigenvalue weighted by Crippen LogP contribution is 2.38. The van der Waals surface area contributed by atoms with E-state index in [1.54, 1.807) is 6.08 Å². The lowest BCUT2D eigenvalue weighted by molar-refractivity contribution is -0.123. The zero-order chi connectivity index (χ0) is 26.1. The molecule has 186 valence electrons. The minimum atomic E-state index is -0.301. The molecule has 4 nitrogen and oxygen atoms in total. The number of carbonyl (C=O) groups is 2. The summed E-state index contributed by atoms with van der Waals surface area (Å²) >= 11 is 6.98. The van der Waals surface area contributed by atoms with Gasteiger partial charge in [0, 0.05) is 10.6 Å². The van der Waals surface area contributed by atoms with Gasteiger partial charge in [-0.3, -0.25) is 14.5 Å². The van der Waals surface area contributed by atoms with E-state index < -0.39 is 0 Å². The highest BCUT2D eigenvalue weighted by Gasteiger charge is 2.35. The van der Waals surface area contributed by atoms with Crippen LogP contribution < -0.4 is 4.74 Å². The molecule has 0 N–H and O–H groups in total. The molecule has 0 unspecified atom stereocenters. The smallest absolute Gasteiger partial charge is 0.293 e. The normalized spacial score (nSPS) is 14.7. The standard InChI is InChI=1S/C32H22ClNO3S/c33-26-14-10-21(11-15-26)20-37-29-16-13-24-6-3-4-8-27(24)28(29)18-30-31(35)34(32(36)38-30)19-22-9-12-23-5-1-2-7-25(23)17-22/h1-18H,19-20H2/b30-18-. The number of rotatable bonds is 6. The van der Waals surface area contributed by atoms with E-state index in [0.29, 0.717) is 22.3 Å². The van der Waals surface area contributed by atoms with Crippen LogP contribution in [-0.4, -0.2) is 16.0 Å². The second-order valence-corrected chi connectivity index (χ2v) is 10.5. The predicted molar refractivity (Wildman–Crippen MR) is 155 cm³/mol. The maximum Gasteiger partial charge on any atom is 0.293 e. The number of thioether (sulfide) groups is 1. The van der Waals surface area contributed by atoms with E-state index in [9.17, 15) is 9.59 Å². The van der Waals surface area contributed by atoms with Gasteiger partial charge in [0.15, 0.2) is 0 Å². The van der Waals surface area contributed by atoms with Gasteiger partial charge in [-0.15, -0.1) is 0 Å². The number of halogens is 1. The van der Waals surface area contributed by atoms with Crippen molar-refractivity contribution in [3.8, 4) is 5.75 Å². The third-order valence-electron chi connectivity index (χ3n) is 6.54. The molecular formula is C32H22ClNO3S. The van der Waals surface area contributed by atoms with Gasteiger partial charge in [-0.25, -0.2) is 0 Å². The van der Waals surface area contributed by atoms with E-state index >= 15 is 0 Å². The van der Waals surface area contributed by atoms with Crippen LogP contribution in [-0.2, 0) is 17.9 Å². The van der Waals surface area contributed by atoms with E-state index in [0.717, 1.165) is 50.0 Å². The zero-order valence-corrected chi connectivity index (χ0v) is 21.8. The molecule has 1 fully saturated rings. The molecule has 0 radical (unpaired) electrons. The van der Waals surface area contributed by atoms with Gasteiger partial charge in [-0.1, -0.05) is 90.5 Å². The lowest BCUT2D eigenvalue weighted by Gasteiger charge is -2.14. The highest BCUT2D eigenvalue weighted by atomic mass is 35.5. The topological polar surface area (TPSA) is 46.6 Å². The molecule has 0 spiro atoms. The molecular weight excluding hydrogens is 514 g/mol. The molecule has 1 heterocycles. The van der Waals surface area contributed by atoms with Crippen LogP contribution in [0.5, 0.6) is 5.75 Å². The summed E-state index contributed by atoms with van der Waals surface area (Å²) in [6.45, 7) is 0.572. The van der Waals surface area contributed by atoms with E-state index in [1.165, 1.54) is 4.90 Å². The first-order valence-electron chi connectivity index (χ1n) is 12.2. The molecule has 0 bridgehead atoms. The van der Waals surface area contributed by atoms with E-state index in [-0.39, 0.29) is 17.7 Å². The van der Waals surface area contributed by atoms with Crippen molar-refractivity contribution < 1.29 is 14.3 Å². The van der Waals surface area contributed by atoms with Crippen molar-refractivity contribution in [3.05, 3.63) is 130 Å².